The van der Waals surface area contributed by atoms with Crippen LogP contribution in [0.3, 0.4) is 0 Å². The van der Waals surface area contributed by atoms with Gasteiger partial charge in [-0.25, -0.2) is 17.5 Å². The van der Waals surface area contributed by atoms with Gasteiger partial charge in [0.15, 0.2) is 0 Å². The first-order chi connectivity index (χ1) is 9.38. The number of amides is 1. The number of anilines is 1. The second-order valence-corrected chi connectivity index (χ2v) is 6.32. The van der Waals surface area contributed by atoms with E-state index in [-0.39, 0.29) is 17.6 Å². The summed E-state index contributed by atoms with van der Waals surface area (Å²) in [4.78, 5) is 10.4. The highest BCUT2D eigenvalue weighted by Crippen LogP contribution is 2.19. The molecule has 1 aliphatic rings. The van der Waals surface area contributed by atoms with Crippen molar-refractivity contribution in [2.75, 3.05) is 18.4 Å². The molecule has 6 nitrogen and oxygen atoms in total. The Morgan fingerprint density at radius 2 is 2.20 bits per heavy atom. The zero-order valence-corrected chi connectivity index (χ0v) is 11.8. The van der Waals surface area contributed by atoms with E-state index in [0.29, 0.717) is 13.0 Å². The van der Waals surface area contributed by atoms with Crippen LogP contribution in [-0.4, -0.2) is 33.5 Å². The molecule has 1 unspecified atom stereocenters. The maximum atomic E-state index is 13.9. The normalized spacial score (nSPS) is 19.0. The molecule has 8 heteroatoms. The van der Waals surface area contributed by atoms with Crippen molar-refractivity contribution < 1.29 is 17.6 Å². The Morgan fingerprint density at radius 1 is 1.45 bits per heavy atom. The van der Waals surface area contributed by atoms with E-state index in [1.54, 1.807) is 0 Å². The van der Waals surface area contributed by atoms with Crippen LogP contribution < -0.4 is 15.4 Å². The molecule has 110 valence electrons. The molecular weight excluding hydrogens is 285 g/mol. The Labute approximate surface area is 116 Å². The molecule has 0 radical (unpaired) electrons. The highest BCUT2D eigenvalue weighted by Gasteiger charge is 2.25. The summed E-state index contributed by atoms with van der Waals surface area (Å²) in [5.74, 6) is -1.25. The van der Waals surface area contributed by atoms with Gasteiger partial charge in [-0.05, 0) is 31.2 Å². The summed E-state index contributed by atoms with van der Waals surface area (Å²) in [5, 5.41) is 5.42. The number of hydrogen-bond donors (Lipinski definition) is 3. The van der Waals surface area contributed by atoms with Gasteiger partial charge < -0.3 is 10.6 Å². The molecule has 1 heterocycles. The molecular formula is C12H16FN3O3S. The van der Waals surface area contributed by atoms with Crippen LogP contribution in [0.4, 0.5) is 10.1 Å². The molecule has 0 saturated carbocycles. The van der Waals surface area contributed by atoms with Crippen LogP contribution in [0.1, 0.15) is 13.3 Å². The van der Waals surface area contributed by atoms with Crippen molar-refractivity contribution >= 4 is 21.6 Å². The molecule has 1 atom stereocenters. The molecule has 1 aromatic carbocycles. The topological polar surface area (TPSA) is 87.3 Å². The molecule has 2 rings (SSSR count). The molecule has 0 spiro atoms. The van der Waals surface area contributed by atoms with Gasteiger partial charge in [0.2, 0.25) is 15.9 Å². The Bertz CT molecular complexity index is 612. The fourth-order valence-corrected chi connectivity index (χ4v) is 3.37. The van der Waals surface area contributed by atoms with Gasteiger partial charge in [0.25, 0.3) is 0 Å². The largest absolute Gasteiger partial charge is 0.326 e. The molecule has 1 saturated heterocycles. The Hall–Kier alpha value is -1.51. The summed E-state index contributed by atoms with van der Waals surface area (Å²) < 4.78 is 40.5. The van der Waals surface area contributed by atoms with Crippen LogP contribution in [0.25, 0.3) is 0 Å². The molecule has 1 fully saturated rings. The quantitative estimate of drug-likeness (QED) is 0.752. The van der Waals surface area contributed by atoms with Crippen molar-refractivity contribution in [2.24, 2.45) is 0 Å². The summed E-state index contributed by atoms with van der Waals surface area (Å²) in [6.07, 6.45) is 0.671. The van der Waals surface area contributed by atoms with Gasteiger partial charge in [0.1, 0.15) is 10.7 Å². The summed E-state index contributed by atoms with van der Waals surface area (Å²) in [7, 11) is -3.90. The molecule has 20 heavy (non-hydrogen) atoms. The van der Waals surface area contributed by atoms with Crippen LogP contribution in [0.15, 0.2) is 23.1 Å². The minimum absolute atomic E-state index is 0.219. The van der Waals surface area contributed by atoms with Gasteiger partial charge in [0, 0.05) is 25.2 Å². The van der Waals surface area contributed by atoms with E-state index >= 15 is 0 Å². The zero-order valence-electron chi connectivity index (χ0n) is 10.9. The second-order valence-electron chi connectivity index (χ2n) is 4.64. The fraction of sp³-hybridized carbons (Fsp3) is 0.417. The van der Waals surface area contributed by atoms with Gasteiger partial charge in [0.05, 0.1) is 0 Å². The number of halogens is 1. The first-order valence-electron chi connectivity index (χ1n) is 6.19. The van der Waals surface area contributed by atoms with Gasteiger partial charge in [-0.15, -0.1) is 0 Å². The van der Waals surface area contributed by atoms with Crippen molar-refractivity contribution in [3.05, 3.63) is 24.0 Å². The number of benzene rings is 1. The first-order valence-corrected chi connectivity index (χ1v) is 7.67. The Balaban J connectivity index is 2.20. The number of sulfonamides is 1. The van der Waals surface area contributed by atoms with E-state index in [4.69, 9.17) is 0 Å². The highest BCUT2D eigenvalue weighted by molar-refractivity contribution is 7.89. The third kappa shape index (κ3) is 3.53. The van der Waals surface area contributed by atoms with Crippen molar-refractivity contribution in [2.45, 2.75) is 24.3 Å². The van der Waals surface area contributed by atoms with Gasteiger partial charge in [-0.3, -0.25) is 4.79 Å². The summed E-state index contributed by atoms with van der Waals surface area (Å²) in [5.41, 5.74) is 0.219. The lowest BCUT2D eigenvalue weighted by Gasteiger charge is -2.13. The van der Waals surface area contributed by atoms with Crippen molar-refractivity contribution in [3.8, 4) is 0 Å². The Kier molecular flexibility index (Phi) is 4.36. The number of carbonyl (C=O) groups excluding carboxylic acids is 1. The van der Waals surface area contributed by atoms with Gasteiger partial charge in [-0.2, -0.15) is 0 Å². The first kappa shape index (κ1) is 14.9. The van der Waals surface area contributed by atoms with Gasteiger partial charge >= 0.3 is 0 Å². The van der Waals surface area contributed by atoms with Gasteiger partial charge in [-0.1, -0.05) is 0 Å². The minimum Gasteiger partial charge on any atom is -0.326 e. The average molecular weight is 301 g/mol. The average Bonchev–Trinajstić information content (AvgIpc) is 2.79. The number of carbonyl (C=O) groups is 1. The van der Waals surface area contributed by atoms with Crippen LogP contribution in [-0.2, 0) is 14.8 Å². The minimum atomic E-state index is -3.90. The number of hydrogen-bond acceptors (Lipinski definition) is 4. The van der Waals surface area contributed by atoms with E-state index < -0.39 is 20.7 Å². The van der Waals surface area contributed by atoms with E-state index in [1.165, 1.54) is 13.0 Å². The highest BCUT2D eigenvalue weighted by atomic mass is 32.2. The lowest BCUT2D eigenvalue weighted by Crippen LogP contribution is -2.36. The molecule has 0 aromatic heterocycles. The van der Waals surface area contributed by atoms with Crippen LogP contribution in [0.2, 0.25) is 0 Å². The monoisotopic (exact) mass is 301 g/mol. The maximum Gasteiger partial charge on any atom is 0.243 e. The third-order valence-corrected chi connectivity index (χ3v) is 4.48. The second kappa shape index (κ2) is 5.86. The zero-order chi connectivity index (χ0) is 14.8. The molecule has 1 aromatic rings. The Morgan fingerprint density at radius 3 is 2.75 bits per heavy atom. The van der Waals surface area contributed by atoms with Crippen molar-refractivity contribution in [3.63, 3.8) is 0 Å². The van der Waals surface area contributed by atoms with Crippen LogP contribution >= 0.6 is 0 Å². The standard InChI is InChI=1S/C12H16FN3O3S/c1-8(17)15-9-2-3-12(11(13)6-9)20(18,19)16-10-4-5-14-7-10/h2-3,6,10,14,16H,4-5,7H2,1H3,(H,15,17). The SMILES string of the molecule is CC(=O)Nc1ccc(S(=O)(=O)NC2CCNC2)c(F)c1. The molecule has 1 aliphatic heterocycles. The summed E-state index contributed by atoms with van der Waals surface area (Å²) >= 11 is 0. The smallest absolute Gasteiger partial charge is 0.243 e. The van der Waals surface area contributed by atoms with Crippen LogP contribution in [0, 0.1) is 5.82 Å². The maximum absolute atomic E-state index is 13.9. The lowest BCUT2D eigenvalue weighted by atomic mass is 10.3. The van der Waals surface area contributed by atoms with E-state index in [1.807, 2.05) is 0 Å². The van der Waals surface area contributed by atoms with Crippen molar-refractivity contribution in [1.29, 1.82) is 0 Å². The number of nitrogens with one attached hydrogen (secondary N) is 3. The molecule has 0 aliphatic carbocycles. The lowest BCUT2D eigenvalue weighted by molar-refractivity contribution is -0.114. The van der Waals surface area contributed by atoms with Crippen molar-refractivity contribution in [1.82, 2.24) is 10.0 Å². The van der Waals surface area contributed by atoms with E-state index in [0.717, 1.165) is 18.7 Å². The molecule has 3 N–H and O–H groups in total. The number of rotatable bonds is 4. The fourth-order valence-electron chi connectivity index (χ4n) is 2.04. The molecule has 0 bridgehead atoms. The third-order valence-electron chi connectivity index (χ3n) is 2.92. The predicted octanol–water partition coefficient (Wildman–Crippen LogP) is 0.424. The van der Waals surface area contributed by atoms with E-state index in [9.17, 15) is 17.6 Å². The van der Waals surface area contributed by atoms with E-state index in [2.05, 4.69) is 15.4 Å². The van der Waals surface area contributed by atoms with Crippen LogP contribution in [0.5, 0.6) is 0 Å². The summed E-state index contributed by atoms with van der Waals surface area (Å²) in [6.45, 7) is 2.55. The summed E-state index contributed by atoms with van der Waals surface area (Å²) in [6, 6.07) is 3.26. The molecule has 1 amide bonds. The predicted molar refractivity (Wildman–Crippen MR) is 72.3 cm³/mol.